The van der Waals surface area contributed by atoms with Crippen LogP contribution < -0.4 is 10.6 Å². The summed E-state index contributed by atoms with van der Waals surface area (Å²) in [4.78, 5) is 25.4. The van der Waals surface area contributed by atoms with Crippen LogP contribution in [0.25, 0.3) is 22.4 Å². The van der Waals surface area contributed by atoms with E-state index in [1.807, 2.05) is 44.6 Å². The van der Waals surface area contributed by atoms with E-state index < -0.39 is 12.1 Å². The van der Waals surface area contributed by atoms with Gasteiger partial charge in [0.15, 0.2) is 5.65 Å². The molecule has 4 aromatic rings. The quantitative estimate of drug-likeness (QED) is 0.375. The minimum Gasteiger partial charge on any atom is -0.353 e. The number of anilines is 3. The highest BCUT2D eigenvalue weighted by atomic mass is 32.2. The fourth-order valence-corrected chi connectivity index (χ4v) is 4.17. The Morgan fingerprint density at radius 3 is 2.75 bits per heavy atom. The molecule has 1 amide bonds. The van der Waals surface area contributed by atoms with Crippen LogP contribution >= 0.6 is 11.8 Å². The van der Waals surface area contributed by atoms with Gasteiger partial charge in [-0.1, -0.05) is 6.07 Å². The van der Waals surface area contributed by atoms with Crippen LogP contribution in [0.15, 0.2) is 41.4 Å². The third kappa shape index (κ3) is 3.93. The first-order valence-electron chi connectivity index (χ1n) is 10.2. The van der Waals surface area contributed by atoms with Crippen LogP contribution in [0.2, 0.25) is 0 Å². The number of nitrogens with zero attached hydrogens (tertiary/aromatic N) is 4. The first-order chi connectivity index (χ1) is 15.4. The second-order valence-electron chi connectivity index (χ2n) is 7.84. The molecule has 0 bridgehead atoms. The number of halogens is 1. The predicted molar refractivity (Wildman–Crippen MR) is 124 cm³/mol. The molecule has 3 N–H and O–H groups in total. The smallest absolute Gasteiger partial charge is 0.231 e. The minimum atomic E-state index is -1.06. The maximum Gasteiger partial charge on any atom is 0.231 e. The number of alkyl halides is 1. The molecule has 1 aromatic carbocycles. The van der Waals surface area contributed by atoms with Crippen molar-refractivity contribution in [2.75, 3.05) is 16.9 Å². The number of benzene rings is 1. The maximum atomic E-state index is 13.3. The highest BCUT2D eigenvalue weighted by Crippen LogP contribution is 2.36. The van der Waals surface area contributed by atoms with E-state index in [1.165, 1.54) is 0 Å². The molecular weight excluding hydrogens is 429 g/mol. The van der Waals surface area contributed by atoms with Gasteiger partial charge in [-0.2, -0.15) is 5.10 Å². The van der Waals surface area contributed by atoms with Crippen molar-refractivity contribution in [3.8, 4) is 11.3 Å². The average molecular weight is 452 g/mol. The first kappa shape index (κ1) is 20.5. The van der Waals surface area contributed by atoms with Crippen LogP contribution in [0, 0.1) is 12.8 Å². The number of pyridine rings is 1. The number of aromatic amines is 1. The summed E-state index contributed by atoms with van der Waals surface area (Å²) >= 11 is 1.62. The van der Waals surface area contributed by atoms with Gasteiger partial charge in [0.05, 0.1) is 23.0 Å². The highest BCUT2D eigenvalue weighted by molar-refractivity contribution is 7.98. The molecule has 10 heteroatoms. The maximum absolute atomic E-state index is 13.3. The number of nitrogens with one attached hydrogen (secondary N) is 3. The summed E-state index contributed by atoms with van der Waals surface area (Å²) in [6, 6.07) is 9.79. The Balaban J connectivity index is 1.49. The van der Waals surface area contributed by atoms with Crippen LogP contribution in [0.1, 0.15) is 12.2 Å². The lowest BCUT2D eigenvalue weighted by molar-refractivity contribution is -0.117. The Morgan fingerprint density at radius 1 is 1.25 bits per heavy atom. The van der Waals surface area contributed by atoms with Gasteiger partial charge in [0, 0.05) is 29.8 Å². The molecule has 0 saturated heterocycles. The summed E-state index contributed by atoms with van der Waals surface area (Å²) in [7, 11) is 1.89. The van der Waals surface area contributed by atoms with E-state index in [0.29, 0.717) is 28.5 Å². The lowest BCUT2D eigenvalue weighted by Gasteiger charge is -2.13. The van der Waals surface area contributed by atoms with Crippen molar-refractivity contribution < 1.29 is 9.18 Å². The molecule has 1 fully saturated rings. The van der Waals surface area contributed by atoms with E-state index in [2.05, 4.69) is 36.8 Å². The van der Waals surface area contributed by atoms with E-state index in [0.717, 1.165) is 21.8 Å². The van der Waals surface area contributed by atoms with Gasteiger partial charge in [-0.05, 0) is 37.8 Å². The van der Waals surface area contributed by atoms with Gasteiger partial charge < -0.3 is 15.6 Å². The van der Waals surface area contributed by atoms with Crippen LogP contribution in [-0.2, 0) is 11.8 Å². The van der Waals surface area contributed by atoms with E-state index >= 15 is 0 Å². The van der Waals surface area contributed by atoms with E-state index in [1.54, 1.807) is 22.5 Å². The van der Waals surface area contributed by atoms with Gasteiger partial charge in [0.25, 0.3) is 0 Å². The summed E-state index contributed by atoms with van der Waals surface area (Å²) in [5.41, 5.74) is 4.73. The number of carbonyl (C=O) groups excluding carboxylic acids is 1. The van der Waals surface area contributed by atoms with Crippen molar-refractivity contribution >= 4 is 46.0 Å². The van der Waals surface area contributed by atoms with Gasteiger partial charge >= 0.3 is 0 Å². The van der Waals surface area contributed by atoms with E-state index in [-0.39, 0.29) is 12.3 Å². The number of amides is 1. The number of thioether (sulfide) groups is 1. The molecule has 1 aliphatic carbocycles. The molecule has 164 valence electrons. The third-order valence-corrected chi connectivity index (χ3v) is 6.13. The largest absolute Gasteiger partial charge is 0.353 e. The van der Waals surface area contributed by atoms with Crippen LogP contribution in [-0.4, -0.2) is 43.1 Å². The Hall–Kier alpha value is -3.40. The highest BCUT2D eigenvalue weighted by Gasteiger charge is 2.43. The van der Waals surface area contributed by atoms with E-state index in [4.69, 9.17) is 0 Å². The molecule has 5 rings (SSSR count). The third-order valence-electron chi connectivity index (χ3n) is 5.35. The summed E-state index contributed by atoms with van der Waals surface area (Å²) in [6.45, 7) is 1.84. The van der Waals surface area contributed by atoms with Gasteiger partial charge in [-0.15, -0.1) is 11.8 Å². The van der Waals surface area contributed by atoms with Crippen molar-refractivity contribution in [1.82, 2.24) is 24.7 Å². The molecular formula is C22H22FN7OS. The molecule has 1 saturated carbocycles. The molecule has 0 radical (unpaired) electrons. The Labute approximate surface area is 188 Å². The van der Waals surface area contributed by atoms with Crippen molar-refractivity contribution in [3.05, 3.63) is 42.4 Å². The van der Waals surface area contributed by atoms with Gasteiger partial charge in [-0.25, -0.2) is 14.4 Å². The summed E-state index contributed by atoms with van der Waals surface area (Å²) in [5.74, 6) is 0.120. The van der Waals surface area contributed by atoms with Crippen molar-refractivity contribution in [3.63, 3.8) is 0 Å². The lowest BCUT2D eigenvalue weighted by atomic mass is 10.1. The van der Waals surface area contributed by atoms with Crippen molar-refractivity contribution in [2.24, 2.45) is 13.0 Å². The van der Waals surface area contributed by atoms with Crippen LogP contribution in [0.3, 0.4) is 0 Å². The first-order valence-corrected chi connectivity index (χ1v) is 11.4. The minimum absolute atomic E-state index is 0.266. The number of hydrogen-bond donors (Lipinski definition) is 3. The number of fused-ring (bicyclic) bond motifs is 1. The number of rotatable bonds is 6. The molecule has 8 nitrogen and oxygen atoms in total. The Kier molecular flexibility index (Phi) is 5.09. The molecule has 0 spiro atoms. The zero-order chi connectivity index (χ0) is 22.4. The summed E-state index contributed by atoms with van der Waals surface area (Å²) in [6.07, 6.45) is 3.13. The number of aromatic nitrogens is 5. The zero-order valence-corrected chi connectivity index (χ0v) is 18.6. The molecule has 32 heavy (non-hydrogen) atoms. The van der Waals surface area contributed by atoms with Crippen LogP contribution in [0.4, 0.5) is 21.6 Å². The SMILES string of the molecule is CSc1cc(-c2ccn(C)n2)ccc1Nc1cc(NC(=O)[C@@H]2C[C@@H]2F)nc2[nH]c(C)nc12. The fourth-order valence-electron chi connectivity index (χ4n) is 3.59. The molecule has 3 aromatic heterocycles. The Morgan fingerprint density at radius 2 is 2.06 bits per heavy atom. The molecule has 1 aliphatic rings. The number of carbonyl (C=O) groups is 1. The topological polar surface area (TPSA) is 101 Å². The second-order valence-corrected chi connectivity index (χ2v) is 8.68. The van der Waals surface area contributed by atoms with Crippen molar-refractivity contribution in [2.45, 2.75) is 24.4 Å². The second kappa shape index (κ2) is 7.94. The van der Waals surface area contributed by atoms with Gasteiger partial charge in [0.2, 0.25) is 5.91 Å². The van der Waals surface area contributed by atoms with Gasteiger partial charge in [0.1, 0.15) is 23.3 Å². The van der Waals surface area contributed by atoms with Gasteiger partial charge in [-0.3, -0.25) is 9.48 Å². The van der Waals surface area contributed by atoms with Crippen LogP contribution in [0.5, 0.6) is 0 Å². The Bertz CT molecular complexity index is 1330. The van der Waals surface area contributed by atoms with E-state index in [9.17, 15) is 9.18 Å². The van der Waals surface area contributed by atoms with Crippen molar-refractivity contribution in [1.29, 1.82) is 0 Å². The molecule has 0 unspecified atom stereocenters. The zero-order valence-electron chi connectivity index (χ0n) is 17.8. The lowest BCUT2D eigenvalue weighted by Crippen LogP contribution is -2.16. The molecule has 2 atom stereocenters. The summed E-state index contributed by atoms with van der Waals surface area (Å²) in [5, 5.41) is 10.6. The normalized spacial score (nSPS) is 17.5. The number of imidazole rings is 1. The standard InChI is InChI=1S/C22H22FN7OS/c1-11-24-20-17(10-19(27-21(20)25-11)28-22(31)13-9-14(13)23)26-16-5-4-12(8-18(16)32-3)15-6-7-30(2)29-15/h4-8,10,13-14H,9H2,1-3H3,(H3,24,25,26,27,28,31)/t13-,14+/m1/s1. The fraction of sp³-hybridized carbons (Fsp3) is 0.273. The average Bonchev–Trinajstić information content (AvgIpc) is 3.14. The number of hydrogen-bond acceptors (Lipinski definition) is 6. The summed E-state index contributed by atoms with van der Waals surface area (Å²) < 4.78 is 15.0. The molecule has 3 heterocycles. The molecule has 0 aliphatic heterocycles. The monoisotopic (exact) mass is 451 g/mol. The number of aryl methyl sites for hydroxylation is 2. The number of H-pyrrole nitrogens is 1. The predicted octanol–water partition coefficient (Wildman–Crippen LogP) is 4.43.